The van der Waals surface area contributed by atoms with Crippen molar-refractivity contribution in [1.29, 1.82) is 0 Å². The summed E-state index contributed by atoms with van der Waals surface area (Å²) in [5, 5.41) is 0. The van der Waals surface area contributed by atoms with Crippen LogP contribution in [0, 0.1) is 17.8 Å². The van der Waals surface area contributed by atoms with Crippen LogP contribution < -0.4 is 0 Å². The fourth-order valence-corrected chi connectivity index (χ4v) is 6.16. The van der Waals surface area contributed by atoms with Crippen LogP contribution in [-0.2, 0) is 10.7 Å². The molecular weight excluding hydrogens is 356 g/mol. The predicted molar refractivity (Wildman–Crippen MR) is 96.3 cm³/mol. The van der Waals surface area contributed by atoms with Gasteiger partial charge in [0.05, 0.1) is 18.9 Å². The number of nitrogens with zero attached hydrogens (tertiary/aromatic N) is 3. The molecule has 0 amide bonds. The minimum Gasteiger partial charge on any atom is -0.380 e. The number of likely N-dealkylation sites (tertiary alicyclic amines) is 1. The van der Waals surface area contributed by atoms with E-state index >= 15 is 0 Å². The molecular formula is C19H25F2N3OS. The number of hydrogen-bond acceptors (Lipinski definition) is 5. The second kappa shape index (κ2) is 5.63. The van der Waals surface area contributed by atoms with Gasteiger partial charge in [0.1, 0.15) is 5.69 Å². The highest BCUT2D eigenvalue weighted by atomic mass is 32.2. The standard InChI is InChI=1S/C19H25F2N3OS/c1-13-15(3-4-16(22-13)17(2,20)21)26-24-9-18(10-24)5-14(6-18)23-7-19(8-23)11-25-12-19/h3-4,14H,5-12H2,1-2H3. The summed E-state index contributed by atoms with van der Waals surface area (Å²) >= 11 is 1.67. The lowest BCUT2D eigenvalue weighted by molar-refractivity contribution is -0.219. The van der Waals surface area contributed by atoms with Crippen LogP contribution in [0.4, 0.5) is 8.78 Å². The Morgan fingerprint density at radius 1 is 1.15 bits per heavy atom. The van der Waals surface area contributed by atoms with E-state index in [0.717, 1.165) is 44.2 Å². The quantitative estimate of drug-likeness (QED) is 0.747. The molecule has 1 aromatic rings. The van der Waals surface area contributed by atoms with Crippen LogP contribution in [0.25, 0.3) is 0 Å². The van der Waals surface area contributed by atoms with E-state index in [0.29, 0.717) is 16.5 Å². The van der Waals surface area contributed by atoms with Gasteiger partial charge in [-0.2, -0.15) is 8.78 Å². The van der Waals surface area contributed by atoms with Crippen molar-refractivity contribution in [2.45, 2.75) is 43.5 Å². The van der Waals surface area contributed by atoms with Gasteiger partial charge in [0.15, 0.2) is 0 Å². The van der Waals surface area contributed by atoms with Gasteiger partial charge in [0.25, 0.3) is 5.92 Å². The Bertz CT molecular complexity index is 712. The smallest absolute Gasteiger partial charge is 0.286 e. The van der Waals surface area contributed by atoms with Crippen molar-refractivity contribution in [3.63, 3.8) is 0 Å². The van der Waals surface area contributed by atoms with Crippen LogP contribution in [0.3, 0.4) is 0 Å². The average molecular weight is 381 g/mol. The number of aromatic nitrogens is 1. The summed E-state index contributed by atoms with van der Waals surface area (Å²) in [6.45, 7) is 9.28. The summed E-state index contributed by atoms with van der Waals surface area (Å²) in [7, 11) is 0. The highest BCUT2D eigenvalue weighted by Crippen LogP contribution is 2.55. The van der Waals surface area contributed by atoms with E-state index in [1.807, 2.05) is 6.92 Å². The molecule has 7 heteroatoms. The zero-order valence-electron chi connectivity index (χ0n) is 15.3. The monoisotopic (exact) mass is 381 g/mol. The molecule has 4 fully saturated rings. The van der Waals surface area contributed by atoms with Crippen molar-refractivity contribution in [2.24, 2.45) is 10.8 Å². The summed E-state index contributed by atoms with van der Waals surface area (Å²) in [5.41, 5.74) is 1.55. The van der Waals surface area contributed by atoms with Crippen LogP contribution in [0.15, 0.2) is 17.0 Å². The molecule has 2 spiro atoms. The molecule has 0 atom stereocenters. The third kappa shape index (κ3) is 2.79. The van der Waals surface area contributed by atoms with E-state index in [-0.39, 0.29) is 5.69 Å². The first-order chi connectivity index (χ1) is 12.3. The molecule has 5 rings (SSSR count). The summed E-state index contributed by atoms with van der Waals surface area (Å²) in [6.07, 6.45) is 2.61. The molecule has 3 saturated heterocycles. The van der Waals surface area contributed by atoms with E-state index in [4.69, 9.17) is 4.74 Å². The summed E-state index contributed by atoms with van der Waals surface area (Å²) in [4.78, 5) is 7.72. The Balaban J connectivity index is 1.11. The van der Waals surface area contributed by atoms with E-state index < -0.39 is 5.92 Å². The first-order valence-electron chi connectivity index (χ1n) is 9.37. The van der Waals surface area contributed by atoms with E-state index in [2.05, 4.69) is 14.2 Å². The van der Waals surface area contributed by atoms with Gasteiger partial charge in [-0.15, -0.1) is 0 Å². The van der Waals surface area contributed by atoms with Crippen LogP contribution in [0.5, 0.6) is 0 Å². The molecule has 142 valence electrons. The average Bonchev–Trinajstić information content (AvgIpc) is 2.39. The van der Waals surface area contributed by atoms with Gasteiger partial charge in [-0.1, -0.05) is 0 Å². The summed E-state index contributed by atoms with van der Waals surface area (Å²) < 4.78 is 34.5. The largest absolute Gasteiger partial charge is 0.380 e. The zero-order valence-corrected chi connectivity index (χ0v) is 16.1. The highest BCUT2D eigenvalue weighted by molar-refractivity contribution is 7.97. The zero-order chi connectivity index (χ0) is 18.2. The van der Waals surface area contributed by atoms with Crippen LogP contribution in [0.1, 0.15) is 31.2 Å². The molecule has 0 aromatic carbocycles. The molecule has 1 saturated carbocycles. The Morgan fingerprint density at radius 3 is 2.38 bits per heavy atom. The Morgan fingerprint density at radius 2 is 1.85 bits per heavy atom. The number of ether oxygens (including phenoxy) is 1. The van der Waals surface area contributed by atoms with Gasteiger partial charge in [-0.3, -0.25) is 9.88 Å². The van der Waals surface area contributed by atoms with Crippen molar-refractivity contribution in [3.8, 4) is 0 Å². The maximum Gasteiger partial charge on any atom is 0.286 e. The molecule has 26 heavy (non-hydrogen) atoms. The number of aryl methyl sites for hydroxylation is 1. The molecule has 1 aliphatic carbocycles. The van der Waals surface area contributed by atoms with Gasteiger partial charge < -0.3 is 4.74 Å². The van der Waals surface area contributed by atoms with E-state index in [1.54, 1.807) is 18.0 Å². The molecule has 0 radical (unpaired) electrons. The minimum atomic E-state index is -2.88. The van der Waals surface area contributed by atoms with Crippen LogP contribution >= 0.6 is 11.9 Å². The van der Waals surface area contributed by atoms with Gasteiger partial charge in [-0.25, -0.2) is 4.31 Å². The van der Waals surface area contributed by atoms with Crippen molar-refractivity contribution >= 4 is 11.9 Å². The van der Waals surface area contributed by atoms with Crippen molar-refractivity contribution in [2.75, 3.05) is 39.4 Å². The lowest BCUT2D eigenvalue weighted by Gasteiger charge is -2.65. The normalized spacial score (nSPS) is 27.7. The second-order valence-corrected chi connectivity index (χ2v) is 10.2. The van der Waals surface area contributed by atoms with Gasteiger partial charge >= 0.3 is 0 Å². The molecule has 0 bridgehead atoms. The lowest BCUT2D eigenvalue weighted by Crippen LogP contribution is -2.73. The Kier molecular flexibility index (Phi) is 3.75. The SMILES string of the molecule is Cc1nc(C(C)(F)F)ccc1SN1CC2(CC(N3CC4(COC4)C3)C2)C1. The second-order valence-electron chi connectivity index (χ2n) is 9.02. The van der Waals surface area contributed by atoms with Crippen molar-refractivity contribution in [1.82, 2.24) is 14.2 Å². The predicted octanol–water partition coefficient (Wildman–Crippen LogP) is 3.31. The third-order valence-corrected chi connectivity index (χ3v) is 7.63. The molecule has 4 nitrogen and oxygen atoms in total. The van der Waals surface area contributed by atoms with Crippen molar-refractivity contribution in [3.05, 3.63) is 23.5 Å². The van der Waals surface area contributed by atoms with Crippen molar-refractivity contribution < 1.29 is 13.5 Å². The molecule has 4 aliphatic rings. The maximum absolute atomic E-state index is 13.4. The highest BCUT2D eigenvalue weighted by Gasteiger charge is 2.58. The number of halogens is 2. The fraction of sp³-hybridized carbons (Fsp3) is 0.737. The number of alkyl halides is 2. The fourth-order valence-electron chi connectivity index (χ4n) is 4.90. The maximum atomic E-state index is 13.4. The van der Waals surface area contributed by atoms with E-state index in [1.165, 1.54) is 32.0 Å². The molecule has 0 N–H and O–H groups in total. The molecule has 3 aliphatic heterocycles. The number of rotatable bonds is 4. The summed E-state index contributed by atoms with van der Waals surface area (Å²) in [6, 6.07) is 4.01. The Labute approximate surface area is 157 Å². The first-order valence-corrected chi connectivity index (χ1v) is 10.1. The van der Waals surface area contributed by atoms with E-state index in [9.17, 15) is 8.78 Å². The molecule has 1 aromatic heterocycles. The first kappa shape index (κ1) is 17.3. The third-order valence-electron chi connectivity index (χ3n) is 6.49. The van der Waals surface area contributed by atoms with Gasteiger partial charge in [0.2, 0.25) is 0 Å². The minimum absolute atomic E-state index is 0.148. The Hall–Kier alpha value is -0.760. The van der Waals surface area contributed by atoms with Gasteiger partial charge in [0, 0.05) is 54.9 Å². The number of hydrogen-bond donors (Lipinski definition) is 0. The molecule has 4 heterocycles. The topological polar surface area (TPSA) is 28.6 Å². The van der Waals surface area contributed by atoms with Crippen LogP contribution in [0.2, 0.25) is 0 Å². The summed E-state index contributed by atoms with van der Waals surface area (Å²) in [5.74, 6) is -2.88. The number of pyridine rings is 1. The molecule has 0 unspecified atom stereocenters. The lowest BCUT2D eigenvalue weighted by atomic mass is 9.59. The van der Waals surface area contributed by atoms with Gasteiger partial charge in [-0.05, 0) is 43.8 Å². The van der Waals surface area contributed by atoms with Crippen LogP contribution in [-0.4, -0.2) is 59.6 Å².